The van der Waals surface area contributed by atoms with E-state index < -0.39 is 11.0 Å². The Balaban J connectivity index is 1.74. The van der Waals surface area contributed by atoms with E-state index in [0.717, 1.165) is 12.8 Å². The first-order valence-corrected chi connectivity index (χ1v) is 10.9. The smallest absolute Gasteiger partial charge is 0.271 e. The fraction of sp³-hybridized carbons (Fsp3) is 0.269. The van der Waals surface area contributed by atoms with Gasteiger partial charge in [0.05, 0.1) is 23.8 Å². The predicted octanol–water partition coefficient (Wildman–Crippen LogP) is 4.72. The summed E-state index contributed by atoms with van der Waals surface area (Å²) in [5.74, 6) is 0.135. The summed E-state index contributed by atoms with van der Waals surface area (Å²) in [4.78, 5) is 26.0. The van der Waals surface area contributed by atoms with Crippen LogP contribution in [0.3, 0.4) is 0 Å². The van der Waals surface area contributed by atoms with Crippen LogP contribution in [-0.2, 0) is 17.6 Å². The molecular formula is C26H29N3O4. The van der Waals surface area contributed by atoms with Crippen LogP contribution in [0.4, 0.5) is 11.4 Å². The molecule has 0 bridgehead atoms. The van der Waals surface area contributed by atoms with E-state index in [9.17, 15) is 14.9 Å². The normalized spacial score (nSPS) is 11.7. The molecule has 0 heterocycles. The number of methoxy groups -OCH3 is 1. The average Bonchev–Trinajstić information content (AvgIpc) is 2.84. The van der Waals surface area contributed by atoms with E-state index >= 15 is 0 Å². The Morgan fingerprint density at radius 3 is 2.00 bits per heavy atom. The number of benzene rings is 3. The van der Waals surface area contributed by atoms with Crippen molar-refractivity contribution in [2.45, 2.75) is 25.8 Å². The molecule has 0 aliphatic heterocycles. The molecular weight excluding hydrogens is 418 g/mol. The summed E-state index contributed by atoms with van der Waals surface area (Å²) < 4.78 is 5.28. The number of non-ortho nitro benzene ring substituents is 1. The number of ether oxygens (including phenoxy) is 1. The molecule has 3 aromatic carbocycles. The second kappa shape index (κ2) is 11.8. The van der Waals surface area contributed by atoms with Gasteiger partial charge in [0.1, 0.15) is 5.75 Å². The number of nitrogens with zero attached hydrogens (tertiary/aromatic N) is 2. The van der Waals surface area contributed by atoms with Crippen LogP contribution in [0.2, 0.25) is 0 Å². The molecule has 3 rings (SSSR count). The van der Waals surface area contributed by atoms with Crippen molar-refractivity contribution >= 4 is 17.3 Å². The first kappa shape index (κ1) is 23.9. The van der Waals surface area contributed by atoms with Crippen molar-refractivity contribution in [3.8, 4) is 5.75 Å². The van der Waals surface area contributed by atoms with Crippen molar-refractivity contribution in [1.29, 1.82) is 0 Å². The van der Waals surface area contributed by atoms with Crippen molar-refractivity contribution in [3.63, 3.8) is 0 Å². The van der Waals surface area contributed by atoms with Gasteiger partial charge in [0.15, 0.2) is 0 Å². The molecule has 1 unspecified atom stereocenters. The third-order valence-corrected chi connectivity index (χ3v) is 5.64. The van der Waals surface area contributed by atoms with E-state index in [1.807, 2.05) is 43.3 Å². The minimum atomic E-state index is -0.495. The van der Waals surface area contributed by atoms with Crippen LogP contribution >= 0.6 is 0 Å². The Hall–Kier alpha value is -3.71. The van der Waals surface area contributed by atoms with Gasteiger partial charge >= 0.3 is 0 Å². The van der Waals surface area contributed by atoms with Gasteiger partial charge in [0, 0.05) is 25.2 Å². The molecule has 0 fully saturated rings. The maximum atomic E-state index is 13.1. The fourth-order valence-electron chi connectivity index (χ4n) is 3.64. The van der Waals surface area contributed by atoms with Crippen LogP contribution in [0.1, 0.15) is 18.1 Å². The van der Waals surface area contributed by atoms with E-state index in [1.165, 1.54) is 36.4 Å². The van der Waals surface area contributed by atoms with Gasteiger partial charge in [0.25, 0.3) is 5.69 Å². The molecule has 1 N–H and O–H groups in total. The van der Waals surface area contributed by atoms with Crippen molar-refractivity contribution < 1.29 is 14.5 Å². The number of nitrogens with one attached hydrogen (secondary N) is 1. The number of anilines is 1. The third-order valence-electron chi connectivity index (χ3n) is 5.64. The Morgan fingerprint density at radius 2 is 1.52 bits per heavy atom. The number of carbonyl (C=O) groups is 1. The van der Waals surface area contributed by atoms with Gasteiger partial charge in [-0.1, -0.05) is 60.7 Å². The van der Waals surface area contributed by atoms with Gasteiger partial charge in [-0.25, -0.2) is 0 Å². The third kappa shape index (κ3) is 6.89. The molecule has 3 aromatic rings. The number of hydrogen-bond donors (Lipinski definition) is 1. The number of rotatable bonds is 11. The summed E-state index contributed by atoms with van der Waals surface area (Å²) in [6.45, 7) is 3.27. The lowest BCUT2D eigenvalue weighted by Gasteiger charge is -2.28. The first-order chi connectivity index (χ1) is 16.0. The van der Waals surface area contributed by atoms with E-state index in [-0.39, 0.29) is 17.3 Å². The van der Waals surface area contributed by atoms with Gasteiger partial charge in [-0.15, -0.1) is 0 Å². The number of hydrogen-bond acceptors (Lipinski definition) is 5. The molecule has 1 amide bonds. The second-order valence-electron chi connectivity index (χ2n) is 7.81. The highest BCUT2D eigenvalue weighted by Crippen LogP contribution is 2.29. The van der Waals surface area contributed by atoms with Crippen molar-refractivity contribution in [1.82, 2.24) is 4.90 Å². The lowest BCUT2D eigenvalue weighted by molar-refractivity contribution is -0.384. The Morgan fingerprint density at radius 1 is 0.970 bits per heavy atom. The first-order valence-electron chi connectivity index (χ1n) is 10.9. The van der Waals surface area contributed by atoms with E-state index in [4.69, 9.17) is 4.74 Å². The zero-order valence-corrected chi connectivity index (χ0v) is 18.9. The van der Waals surface area contributed by atoms with Gasteiger partial charge in [-0.05, 0) is 37.0 Å². The minimum absolute atomic E-state index is 0.108. The predicted molar refractivity (Wildman–Crippen MR) is 130 cm³/mol. The molecule has 0 aliphatic rings. The monoisotopic (exact) mass is 447 g/mol. The molecule has 0 aromatic heterocycles. The summed E-state index contributed by atoms with van der Waals surface area (Å²) >= 11 is 0. The summed E-state index contributed by atoms with van der Waals surface area (Å²) in [5, 5.41) is 14.0. The van der Waals surface area contributed by atoms with Crippen molar-refractivity contribution in [3.05, 3.63) is 100 Å². The highest BCUT2D eigenvalue weighted by atomic mass is 16.6. The molecule has 0 saturated carbocycles. The molecule has 1 atom stereocenters. The lowest BCUT2D eigenvalue weighted by Crippen LogP contribution is -2.44. The largest absolute Gasteiger partial charge is 0.495 e. The molecule has 33 heavy (non-hydrogen) atoms. The standard InChI is InChI=1S/C26H29N3O4/c1-20(26(30)27-24-19-23(29(31)32)13-14-25(24)33-2)28(17-15-21-9-5-3-6-10-21)18-16-22-11-7-4-8-12-22/h3-14,19-20H,15-18H2,1-2H3,(H,27,30). The van der Waals surface area contributed by atoms with Crippen LogP contribution in [-0.4, -0.2) is 42.0 Å². The number of amides is 1. The van der Waals surface area contributed by atoms with E-state index in [1.54, 1.807) is 0 Å². The maximum absolute atomic E-state index is 13.1. The summed E-state index contributed by atoms with van der Waals surface area (Å²) in [7, 11) is 1.46. The quantitative estimate of drug-likeness (QED) is 0.340. The SMILES string of the molecule is COc1ccc([N+](=O)[O-])cc1NC(=O)C(C)N(CCc1ccccc1)CCc1ccccc1. The average molecular weight is 448 g/mol. The van der Waals surface area contributed by atoms with Crippen LogP contribution < -0.4 is 10.1 Å². The molecule has 7 heteroatoms. The summed E-state index contributed by atoms with van der Waals surface area (Å²) in [5.41, 5.74) is 2.59. The van der Waals surface area contributed by atoms with Crippen molar-refractivity contribution in [2.75, 3.05) is 25.5 Å². The summed E-state index contributed by atoms with van der Waals surface area (Å²) in [6, 6.07) is 24.0. The van der Waals surface area contributed by atoms with Gasteiger partial charge in [0.2, 0.25) is 5.91 Å². The maximum Gasteiger partial charge on any atom is 0.271 e. The van der Waals surface area contributed by atoms with E-state index in [2.05, 4.69) is 34.5 Å². The molecule has 0 spiro atoms. The lowest BCUT2D eigenvalue weighted by atomic mass is 10.1. The Kier molecular flexibility index (Phi) is 8.55. The van der Waals surface area contributed by atoms with Crippen LogP contribution in [0.25, 0.3) is 0 Å². The van der Waals surface area contributed by atoms with E-state index in [0.29, 0.717) is 18.8 Å². The fourth-order valence-corrected chi connectivity index (χ4v) is 3.64. The highest BCUT2D eigenvalue weighted by Gasteiger charge is 2.23. The highest BCUT2D eigenvalue weighted by molar-refractivity contribution is 5.96. The van der Waals surface area contributed by atoms with Crippen LogP contribution in [0, 0.1) is 10.1 Å². The molecule has 0 radical (unpaired) electrons. The zero-order valence-electron chi connectivity index (χ0n) is 18.9. The second-order valence-corrected chi connectivity index (χ2v) is 7.81. The van der Waals surface area contributed by atoms with Gasteiger partial charge in [-0.3, -0.25) is 19.8 Å². The molecule has 172 valence electrons. The van der Waals surface area contributed by atoms with Gasteiger partial charge in [-0.2, -0.15) is 0 Å². The van der Waals surface area contributed by atoms with Gasteiger partial charge < -0.3 is 10.1 Å². The molecule has 0 aliphatic carbocycles. The Labute approximate surface area is 194 Å². The minimum Gasteiger partial charge on any atom is -0.495 e. The summed E-state index contributed by atoms with van der Waals surface area (Å²) in [6.07, 6.45) is 1.63. The number of carbonyl (C=O) groups excluding carboxylic acids is 1. The van der Waals surface area contributed by atoms with Crippen LogP contribution in [0.5, 0.6) is 5.75 Å². The zero-order chi connectivity index (χ0) is 23.6. The topological polar surface area (TPSA) is 84.7 Å². The Bertz CT molecular complexity index is 1010. The number of nitro groups is 1. The number of nitro benzene ring substituents is 1. The van der Waals surface area contributed by atoms with Crippen LogP contribution in [0.15, 0.2) is 78.9 Å². The molecule has 0 saturated heterocycles. The van der Waals surface area contributed by atoms with Crippen molar-refractivity contribution in [2.24, 2.45) is 0 Å². The molecule has 7 nitrogen and oxygen atoms in total.